The molecule has 0 saturated carbocycles. The molecule has 1 N–H and O–H groups in total. The summed E-state index contributed by atoms with van der Waals surface area (Å²) in [5, 5.41) is 2.81. The van der Waals surface area contributed by atoms with Crippen LogP contribution in [0.1, 0.15) is 18.1 Å². The molecule has 2 rings (SSSR count). The van der Waals surface area contributed by atoms with Crippen molar-refractivity contribution in [3.05, 3.63) is 53.6 Å². The van der Waals surface area contributed by atoms with Gasteiger partial charge in [0.25, 0.3) is 5.91 Å². The van der Waals surface area contributed by atoms with Gasteiger partial charge in [-0.15, -0.1) is 0 Å². The zero-order valence-corrected chi connectivity index (χ0v) is 16.1. The molecular weight excluding hydrogens is 346 g/mol. The quantitative estimate of drug-likeness (QED) is 0.731. The van der Waals surface area contributed by atoms with E-state index in [4.69, 9.17) is 18.9 Å². The van der Waals surface area contributed by atoms with Crippen LogP contribution in [-0.2, 0) is 11.3 Å². The van der Waals surface area contributed by atoms with Crippen molar-refractivity contribution in [1.82, 2.24) is 5.32 Å². The first-order chi connectivity index (χ1) is 13.1. The Labute approximate surface area is 159 Å². The lowest BCUT2D eigenvalue weighted by Gasteiger charge is -2.13. The maximum absolute atomic E-state index is 12.1. The van der Waals surface area contributed by atoms with E-state index >= 15 is 0 Å². The van der Waals surface area contributed by atoms with E-state index in [1.54, 1.807) is 33.5 Å². The van der Waals surface area contributed by atoms with Gasteiger partial charge in [0.15, 0.2) is 18.1 Å². The van der Waals surface area contributed by atoms with Crippen LogP contribution in [0.3, 0.4) is 0 Å². The molecule has 0 radical (unpaired) electrons. The minimum absolute atomic E-state index is 0.113. The first kappa shape index (κ1) is 20.2. The Bertz CT molecular complexity index is 801. The van der Waals surface area contributed by atoms with Crippen LogP contribution in [-0.4, -0.2) is 33.8 Å². The molecule has 0 aromatic heterocycles. The number of hydrogen-bond donors (Lipinski definition) is 1. The highest BCUT2D eigenvalue weighted by atomic mass is 16.5. The lowest BCUT2D eigenvalue weighted by atomic mass is 10.2. The molecule has 27 heavy (non-hydrogen) atoms. The van der Waals surface area contributed by atoms with Gasteiger partial charge in [0.05, 0.1) is 21.3 Å². The third kappa shape index (κ3) is 5.67. The number of methoxy groups -OCH3 is 3. The lowest BCUT2D eigenvalue weighted by molar-refractivity contribution is -0.123. The van der Waals surface area contributed by atoms with Crippen molar-refractivity contribution in [1.29, 1.82) is 0 Å². The van der Waals surface area contributed by atoms with Gasteiger partial charge in [-0.2, -0.15) is 0 Å². The van der Waals surface area contributed by atoms with Crippen molar-refractivity contribution in [3.8, 4) is 23.0 Å². The topological polar surface area (TPSA) is 66.0 Å². The van der Waals surface area contributed by atoms with Gasteiger partial charge in [0.2, 0.25) is 0 Å². The van der Waals surface area contributed by atoms with Crippen molar-refractivity contribution >= 4 is 12.0 Å². The Morgan fingerprint density at radius 2 is 1.74 bits per heavy atom. The van der Waals surface area contributed by atoms with E-state index in [1.165, 1.54) is 0 Å². The number of allylic oxidation sites excluding steroid dienone is 1. The highest BCUT2D eigenvalue weighted by Gasteiger charge is 2.10. The molecular formula is C21H25NO5. The second kappa shape index (κ2) is 10.1. The van der Waals surface area contributed by atoms with Gasteiger partial charge in [0, 0.05) is 18.2 Å². The largest absolute Gasteiger partial charge is 0.497 e. The summed E-state index contributed by atoms with van der Waals surface area (Å²) in [5.41, 5.74) is 1.85. The maximum Gasteiger partial charge on any atom is 0.258 e. The van der Waals surface area contributed by atoms with Gasteiger partial charge in [0.1, 0.15) is 11.5 Å². The van der Waals surface area contributed by atoms with E-state index in [2.05, 4.69) is 5.32 Å². The predicted octanol–water partition coefficient (Wildman–Crippen LogP) is 3.44. The van der Waals surface area contributed by atoms with E-state index in [-0.39, 0.29) is 12.5 Å². The summed E-state index contributed by atoms with van der Waals surface area (Å²) >= 11 is 0. The van der Waals surface area contributed by atoms with Crippen LogP contribution in [0.4, 0.5) is 0 Å². The van der Waals surface area contributed by atoms with Crippen molar-refractivity contribution in [3.63, 3.8) is 0 Å². The Hall–Kier alpha value is -3.15. The van der Waals surface area contributed by atoms with E-state index in [0.717, 1.165) is 11.1 Å². The first-order valence-corrected chi connectivity index (χ1v) is 8.52. The number of amides is 1. The van der Waals surface area contributed by atoms with Crippen LogP contribution in [0, 0.1) is 0 Å². The molecule has 144 valence electrons. The third-order valence-electron chi connectivity index (χ3n) is 3.88. The second-order valence-corrected chi connectivity index (χ2v) is 5.65. The van der Waals surface area contributed by atoms with Gasteiger partial charge in [-0.1, -0.05) is 18.2 Å². The number of carbonyl (C=O) groups excluding carboxylic acids is 1. The molecule has 0 bridgehead atoms. The highest BCUT2D eigenvalue weighted by Crippen LogP contribution is 2.28. The molecule has 2 aromatic carbocycles. The summed E-state index contributed by atoms with van der Waals surface area (Å²) in [4.78, 5) is 12.1. The molecule has 0 aliphatic rings. The molecule has 0 saturated heterocycles. The minimum atomic E-state index is -0.243. The first-order valence-electron chi connectivity index (χ1n) is 8.52. The van der Waals surface area contributed by atoms with Gasteiger partial charge in [-0.3, -0.25) is 4.79 Å². The normalized spacial score (nSPS) is 10.5. The van der Waals surface area contributed by atoms with Crippen molar-refractivity contribution < 1.29 is 23.7 Å². The SMILES string of the molecule is C/C=C/c1ccc(OCC(=O)NCc2ccc(OC)cc2OC)c(OC)c1. The van der Waals surface area contributed by atoms with Crippen molar-refractivity contribution in [2.45, 2.75) is 13.5 Å². The summed E-state index contributed by atoms with van der Waals surface area (Å²) < 4.78 is 21.4. The summed E-state index contributed by atoms with van der Waals surface area (Å²) in [6.07, 6.45) is 3.90. The molecule has 0 unspecified atom stereocenters. The molecule has 0 heterocycles. The average molecular weight is 371 g/mol. The Balaban J connectivity index is 1.93. The molecule has 0 aliphatic carbocycles. The second-order valence-electron chi connectivity index (χ2n) is 5.65. The molecule has 2 aromatic rings. The summed E-state index contributed by atoms with van der Waals surface area (Å²) in [7, 11) is 4.73. The number of nitrogens with one attached hydrogen (secondary N) is 1. The predicted molar refractivity (Wildman–Crippen MR) is 105 cm³/mol. The molecule has 0 aliphatic heterocycles. The van der Waals surface area contributed by atoms with Gasteiger partial charge in [-0.05, 0) is 36.8 Å². The van der Waals surface area contributed by atoms with Crippen LogP contribution in [0.15, 0.2) is 42.5 Å². The number of hydrogen-bond acceptors (Lipinski definition) is 5. The van der Waals surface area contributed by atoms with Crippen LogP contribution in [0.25, 0.3) is 6.08 Å². The van der Waals surface area contributed by atoms with E-state index in [9.17, 15) is 4.79 Å². The zero-order valence-electron chi connectivity index (χ0n) is 16.1. The third-order valence-corrected chi connectivity index (χ3v) is 3.88. The fraction of sp³-hybridized carbons (Fsp3) is 0.286. The maximum atomic E-state index is 12.1. The molecule has 1 amide bonds. The fourth-order valence-electron chi connectivity index (χ4n) is 2.49. The Morgan fingerprint density at radius 3 is 2.41 bits per heavy atom. The Kier molecular flexibility index (Phi) is 7.55. The van der Waals surface area contributed by atoms with Gasteiger partial charge in [-0.25, -0.2) is 0 Å². The van der Waals surface area contributed by atoms with Gasteiger partial charge >= 0.3 is 0 Å². The van der Waals surface area contributed by atoms with Crippen molar-refractivity contribution in [2.75, 3.05) is 27.9 Å². The number of ether oxygens (including phenoxy) is 4. The van der Waals surface area contributed by atoms with Crippen molar-refractivity contribution in [2.24, 2.45) is 0 Å². The summed E-state index contributed by atoms with van der Waals surface area (Å²) in [6.45, 7) is 2.16. The summed E-state index contributed by atoms with van der Waals surface area (Å²) in [6, 6.07) is 11.0. The standard InChI is InChI=1S/C21H25NO5/c1-5-6-15-7-10-18(20(11-15)26-4)27-14-21(23)22-13-16-8-9-17(24-2)12-19(16)25-3/h5-12H,13-14H2,1-4H3,(H,22,23)/b6-5+. The monoisotopic (exact) mass is 371 g/mol. The number of benzene rings is 2. The van der Waals surface area contributed by atoms with Crippen LogP contribution in [0.2, 0.25) is 0 Å². The lowest BCUT2D eigenvalue weighted by Crippen LogP contribution is -2.28. The molecule has 6 heteroatoms. The fourth-order valence-corrected chi connectivity index (χ4v) is 2.49. The molecule has 6 nitrogen and oxygen atoms in total. The molecule has 0 spiro atoms. The van der Waals surface area contributed by atoms with Crippen LogP contribution >= 0.6 is 0 Å². The van der Waals surface area contributed by atoms with Crippen LogP contribution < -0.4 is 24.3 Å². The van der Waals surface area contributed by atoms with Gasteiger partial charge < -0.3 is 24.3 Å². The summed E-state index contributed by atoms with van der Waals surface area (Å²) in [5.74, 6) is 2.20. The average Bonchev–Trinajstić information content (AvgIpc) is 2.71. The minimum Gasteiger partial charge on any atom is -0.497 e. The van der Waals surface area contributed by atoms with E-state index < -0.39 is 0 Å². The Morgan fingerprint density at radius 1 is 0.963 bits per heavy atom. The highest BCUT2D eigenvalue weighted by molar-refractivity contribution is 5.77. The van der Waals surface area contributed by atoms with E-state index in [0.29, 0.717) is 29.5 Å². The number of rotatable bonds is 9. The number of carbonyl (C=O) groups is 1. The zero-order chi connectivity index (χ0) is 19.6. The van der Waals surface area contributed by atoms with E-state index in [1.807, 2.05) is 43.3 Å². The van der Waals surface area contributed by atoms with Crippen LogP contribution in [0.5, 0.6) is 23.0 Å². The smallest absolute Gasteiger partial charge is 0.258 e. The molecule has 0 atom stereocenters. The molecule has 0 fully saturated rings.